The van der Waals surface area contributed by atoms with Gasteiger partial charge in [0.15, 0.2) is 0 Å². The van der Waals surface area contributed by atoms with Gasteiger partial charge in [-0.1, -0.05) is 28.9 Å². The minimum Gasteiger partial charge on any atom is -0.333 e. The summed E-state index contributed by atoms with van der Waals surface area (Å²) < 4.78 is 0. The van der Waals surface area contributed by atoms with Crippen molar-refractivity contribution in [1.82, 2.24) is 0 Å². The first-order chi connectivity index (χ1) is 6.18. The highest BCUT2D eigenvalue weighted by Crippen LogP contribution is 2.07. The van der Waals surface area contributed by atoms with Crippen molar-refractivity contribution in [2.75, 3.05) is 0 Å². The average molecular weight is 199 g/mol. The molecule has 1 amide bonds. The Balaban J connectivity index is 2.59. The van der Waals surface area contributed by atoms with Gasteiger partial charge in [0.2, 0.25) is 0 Å². The monoisotopic (exact) mass is 198 g/mol. The van der Waals surface area contributed by atoms with E-state index in [0.29, 0.717) is 5.02 Å². The Morgan fingerprint density at radius 2 is 2.08 bits per heavy atom. The van der Waals surface area contributed by atoms with E-state index in [2.05, 4.69) is 15.7 Å². The van der Waals surface area contributed by atoms with Crippen LogP contribution in [0.1, 0.15) is 5.56 Å². The van der Waals surface area contributed by atoms with Crippen LogP contribution in [0.5, 0.6) is 0 Å². The molecule has 2 N–H and O–H groups in total. The lowest BCUT2D eigenvalue weighted by molar-refractivity contribution is 0.162. The Morgan fingerprint density at radius 3 is 2.62 bits per heavy atom. The number of amides is 1. The van der Waals surface area contributed by atoms with Gasteiger partial charge in [-0.05, 0) is 17.7 Å². The Hall–Kier alpha value is -1.55. The van der Waals surface area contributed by atoms with Gasteiger partial charge in [0.1, 0.15) is 0 Å². The third-order valence-electron chi connectivity index (χ3n) is 1.21. The van der Waals surface area contributed by atoms with E-state index >= 15 is 0 Å². The highest BCUT2D eigenvalue weighted by atomic mass is 35.5. The number of benzene rings is 1. The van der Waals surface area contributed by atoms with Crippen molar-refractivity contribution in [3.05, 3.63) is 34.9 Å². The molecule has 0 aliphatic rings. The lowest BCUT2D eigenvalue weighted by Crippen LogP contribution is -2.09. The maximum Gasteiger partial charge on any atom is 0.430 e. The number of hydrogen-bond acceptors (Lipinski definition) is 3. The number of hydrogen-bond donors (Lipinski definition) is 1. The smallest absolute Gasteiger partial charge is 0.333 e. The zero-order valence-corrected chi connectivity index (χ0v) is 7.36. The van der Waals surface area contributed by atoms with Crippen molar-refractivity contribution in [3.8, 4) is 0 Å². The molecule has 68 valence electrons. The molecule has 0 radical (unpaired) electrons. The molecular formula is C8H7ClN2O2. The molecular weight excluding hydrogens is 192 g/mol. The maximum atomic E-state index is 10.1. The van der Waals surface area contributed by atoms with Crippen molar-refractivity contribution in [1.29, 1.82) is 0 Å². The van der Waals surface area contributed by atoms with Gasteiger partial charge in [-0.2, -0.15) is 0 Å². The Morgan fingerprint density at radius 1 is 1.46 bits per heavy atom. The second-order valence-electron chi connectivity index (χ2n) is 2.20. The summed E-state index contributed by atoms with van der Waals surface area (Å²) in [5, 5.41) is 3.96. The molecule has 0 unspecified atom stereocenters. The minimum atomic E-state index is -0.940. The van der Waals surface area contributed by atoms with Crippen molar-refractivity contribution >= 4 is 23.9 Å². The number of carbonyl (C=O) groups is 1. The number of nitrogens with two attached hydrogens (primary N) is 1. The first-order valence-electron chi connectivity index (χ1n) is 3.44. The van der Waals surface area contributed by atoms with Gasteiger partial charge in [0.05, 0.1) is 6.21 Å². The van der Waals surface area contributed by atoms with Crippen LogP contribution in [0, 0.1) is 0 Å². The van der Waals surface area contributed by atoms with E-state index < -0.39 is 6.09 Å². The molecule has 0 saturated heterocycles. The number of primary amides is 1. The van der Waals surface area contributed by atoms with Gasteiger partial charge in [0, 0.05) is 5.02 Å². The zero-order chi connectivity index (χ0) is 9.68. The van der Waals surface area contributed by atoms with Gasteiger partial charge < -0.3 is 5.73 Å². The molecule has 13 heavy (non-hydrogen) atoms. The molecule has 0 spiro atoms. The third kappa shape index (κ3) is 3.57. The summed E-state index contributed by atoms with van der Waals surface area (Å²) >= 11 is 5.65. The molecule has 0 saturated carbocycles. The summed E-state index contributed by atoms with van der Waals surface area (Å²) in [6, 6.07) is 6.87. The number of rotatable bonds is 2. The molecule has 5 heteroatoms. The molecule has 0 fully saturated rings. The first kappa shape index (κ1) is 9.54. The van der Waals surface area contributed by atoms with Crippen LogP contribution in [0.15, 0.2) is 29.4 Å². The van der Waals surface area contributed by atoms with Crippen LogP contribution >= 0.6 is 11.6 Å². The Kier molecular flexibility index (Phi) is 3.28. The first-order valence-corrected chi connectivity index (χ1v) is 3.81. The quantitative estimate of drug-likeness (QED) is 0.447. The summed E-state index contributed by atoms with van der Waals surface area (Å²) in [5.74, 6) is 0. The fraction of sp³-hybridized carbons (Fsp3) is 0. The molecule has 0 aliphatic carbocycles. The molecule has 4 nitrogen and oxygen atoms in total. The normalized spacial score (nSPS) is 10.2. The topological polar surface area (TPSA) is 64.7 Å². The predicted octanol–water partition coefficient (Wildman–Crippen LogP) is 1.77. The Bertz CT molecular complexity index is 321. The van der Waals surface area contributed by atoms with Crippen LogP contribution in [0.3, 0.4) is 0 Å². The Labute approximate surface area is 79.9 Å². The van der Waals surface area contributed by atoms with Crippen LogP contribution in [-0.4, -0.2) is 12.3 Å². The summed E-state index contributed by atoms with van der Waals surface area (Å²) in [6.45, 7) is 0. The van der Waals surface area contributed by atoms with Gasteiger partial charge >= 0.3 is 6.09 Å². The minimum absolute atomic E-state index is 0.632. The van der Waals surface area contributed by atoms with E-state index in [1.54, 1.807) is 24.3 Å². The second kappa shape index (κ2) is 4.47. The number of carbonyl (C=O) groups excluding carboxylic acids is 1. The molecule has 0 aromatic heterocycles. The lowest BCUT2D eigenvalue weighted by atomic mass is 10.2. The van der Waals surface area contributed by atoms with Crippen molar-refractivity contribution < 1.29 is 9.63 Å². The van der Waals surface area contributed by atoms with E-state index in [9.17, 15) is 4.79 Å². The van der Waals surface area contributed by atoms with Crippen LogP contribution in [0.2, 0.25) is 5.02 Å². The maximum absolute atomic E-state index is 10.1. The molecule has 0 aliphatic heterocycles. The number of halogens is 1. The average Bonchev–Trinajstić information content (AvgIpc) is 2.08. The lowest BCUT2D eigenvalue weighted by Gasteiger charge is -1.92. The highest BCUT2D eigenvalue weighted by Gasteiger charge is 1.90. The van der Waals surface area contributed by atoms with E-state index in [1.165, 1.54) is 6.21 Å². The van der Waals surface area contributed by atoms with Crippen LogP contribution in [-0.2, 0) is 4.84 Å². The molecule has 1 aromatic carbocycles. The second-order valence-corrected chi connectivity index (χ2v) is 2.63. The van der Waals surface area contributed by atoms with Gasteiger partial charge in [-0.3, -0.25) is 4.84 Å². The summed E-state index contributed by atoms with van der Waals surface area (Å²) in [7, 11) is 0. The van der Waals surface area contributed by atoms with Gasteiger partial charge in [-0.25, -0.2) is 4.79 Å². The molecule has 0 heterocycles. The highest BCUT2D eigenvalue weighted by molar-refractivity contribution is 6.30. The predicted molar refractivity (Wildman–Crippen MR) is 49.7 cm³/mol. The molecule has 0 bridgehead atoms. The fourth-order valence-electron chi connectivity index (χ4n) is 0.688. The molecule has 1 rings (SSSR count). The van der Waals surface area contributed by atoms with Crippen molar-refractivity contribution in [2.45, 2.75) is 0 Å². The van der Waals surface area contributed by atoms with Crippen LogP contribution < -0.4 is 5.73 Å². The summed E-state index contributed by atoms with van der Waals surface area (Å²) in [6.07, 6.45) is 0.423. The number of oxime groups is 1. The summed E-state index contributed by atoms with van der Waals surface area (Å²) in [5.41, 5.74) is 5.45. The van der Waals surface area contributed by atoms with Crippen molar-refractivity contribution in [2.24, 2.45) is 10.9 Å². The van der Waals surface area contributed by atoms with Crippen LogP contribution in [0.4, 0.5) is 4.79 Å². The van der Waals surface area contributed by atoms with Gasteiger partial charge in [-0.15, -0.1) is 0 Å². The SMILES string of the molecule is NC(=O)ON=Cc1ccc(Cl)cc1. The van der Waals surface area contributed by atoms with E-state index in [0.717, 1.165) is 5.56 Å². The standard InChI is InChI=1S/C8H7ClN2O2/c9-7-3-1-6(2-4-7)5-11-13-8(10)12/h1-5H,(H2,10,12). The van der Waals surface area contributed by atoms with E-state index in [4.69, 9.17) is 11.6 Å². The zero-order valence-electron chi connectivity index (χ0n) is 6.61. The third-order valence-corrected chi connectivity index (χ3v) is 1.47. The number of nitrogens with zero attached hydrogens (tertiary/aromatic N) is 1. The van der Waals surface area contributed by atoms with E-state index in [1.807, 2.05) is 0 Å². The van der Waals surface area contributed by atoms with Crippen LogP contribution in [0.25, 0.3) is 0 Å². The van der Waals surface area contributed by atoms with Gasteiger partial charge in [0.25, 0.3) is 0 Å². The fourth-order valence-corrected chi connectivity index (χ4v) is 0.814. The largest absolute Gasteiger partial charge is 0.430 e. The molecule has 1 aromatic rings. The van der Waals surface area contributed by atoms with E-state index in [-0.39, 0.29) is 0 Å². The molecule has 0 atom stereocenters. The van der Waals surface area contributed by atoms with Crippen molar-refractivity contribution in [3.63, 3.8) is 0 Å². The summed E-state index contributed by atoms with van der Waals surface area (Å²) in [4.78, 5) is 14.3.